The molecule has 8 nitrogen and oxygen atoms in total. The van der Waals surface area contributed by atoms with Gasteiger partial charge in [-0.15, -0.1) is 0 Å². The maximum Gasteiger partial charge on any atom is 0.264 e. The van der Waals surface area contributed by atoms with Crippen molar-refractivity contribution >= 4 is 39.1 Å². The predicted molar refractivity (Wildman–Crippen MR) is 167 cm³/mol. The molecule has 0 aliphatic carbocycles. The van der Waals surface area contributed by atoms with Crippen LogP contribution in [0, 0.1) is 13.8 Å². The molecule has 0 fully saturated rings. The Morgan fingerprint density at radius 3 is 2.14 bits per heavy atom. The van der Waals surface area contributed by atoms with Crippen molar-refractivity contribution in [2.24, 2.45) is 0 Å². The Hall–Kier alpha value is -3.56. The number of sulfonamides is 1. The van der Waals surface area contributed by atoms with Gasteiger partial charge >= 0.3 is 0 Å². The third kappa shape index (κ3) is 8.04. The van der Waals surface area contributed by atoms with E-state index in [4.69, 9.17) is 16.3 Å². The summed E-state index contributed by atoms with van der Waals surface area (Å²) in [6.45, 7) is 8.91. The average molecular weight is 614 g/mol. The minimum absolute atomic E-state index is 0.0542. The maximum absolute atomic E-state index is 14.2. The molecular weight excluding hydrogens is 574 g/mol. The van der Waals surface area contributed by atoms with Gasteiger partial charge in [0.1, 0.15) is 18.3 Å². The van der Waals surface area contributed by atoms with E-state index < -0.39 is 28.5 Å². The Bertz CT molecular complexity index is 1480. The van der Waals surface area contributed by atoms with Crippen LogP contribution < -0.4 is 14.4 Å². The van der Waals surface area contributed by atoms with Crippen molar-refractivity contribution in [3.8, 4) is 5.75 Å². The van der Waals surface area contributed by atoms with Crippen LogP contribution in [0.1, 0.15) is 50.3 Å². The summed E-state index contributed by atoms with van der Waals surface area (Å²) in [7, 11) is -2.60. The number of aryl methyl sites for hydroxylation is 2. The second-order valence-corrected chi connectivity index (χ2v) is 12.7. The van der Waals surface area contributed by atoms with Gasteiger partial charge in [0.25, 0.3) is 10.0 Å². The zero-order valence-corrected chi connectivity index (χ0v) is 26.6. The lowest BCUT2D eigenvalue weighted by Crippen LogP contribution is -2.53. The average Bonchev–Trinajstić information content (AvgIpc) is 2.96. The first kappa shape index (κ1) is 32.9. The van der Waals surface area contributed by atoms with Gasteiger partial charge in [0.15, 0.2) is 0 Å². The fourth-order valence-electron chi connectivity index (χ4n) is 4.54. The van der Waals surface area contributed by atoms with Crippen molar-refractivity contribution in [1.29, 1.82) is 0 Å². The fraction of sp³-hybridized carbons (Fsp3) is 0.375. The van der Waals surface area contributed by atoms with Crippen LogP contribution in [0.3, 0.4) is 0 Å². The topological polar surface area (TPSA) is 96.0 Å². The van der Waals surface area contributed by atoms with Gasteiger partial charge in [0, 0.05) is 17.6 Å². The fourth-order valence-corrected chi connectivity index (χ4v) is 6.24. The molecule has 0 aliphatic rings. The van der Waals surface area contributed by atoms with Crippen LogP contribution in [0.15, 0.2) is 71.6 Å². The third-order valence-electron chi connectivity index (χ3n) is 7.21. The van der Waals surface area contributed by atoms with Crippen LogP contribution in [-0.2, 0) is 26.2 Å². The number of carbonyl (C=O) groups is 2. The molecular formula is C32H40ClN3O5S. The smallest absolute Gasteiger partial charge is 0.264 e. The Labute approximate surface area is 254 Å². The molecule has 0 radical (unpaired) electrons. The summed E-state index contributed by atoms with van der Waals surface area (Å²) in [6, 6.07) is 17.6. The van der Waals surface area contributed by atoms with Crippen molar-refractivity contribution in [3.05, 3.63) is 88.4 Å². The number of amides is 2. The SMILES string of the molecule is CC[C@H](C(=O)N[C@@H](C)CC)N(Cc1ccc(OC)cc1)C(=O)CN(c1ccc(Cl)cc1C)S(=O)(=O)c1ccc(C)cc1. The number of rotatable bonds is 13. The van der Waals surface area contributed by atoms with E-state index in [1.807, 2.05) is 39.8 Å². The van der Waals surface area contributed by atoms with Gasteiger partial charge in [-0.1, -0.05) is 55.3 Å². The number of ether oxygens (including phenoxy) is 1. The zero-order chi connectivity index (χ0) is 31.0. The number of halogens is 1. The Kier molecular flexibility index (Phi) is 11.4. The summed E-state index contributed by atoms with van der Waals surface area (Å²) in [5.41, 5.74) is 2.60. The number of nitrogens with one attached hydrogen (secondary N) is 1. The molecule has 3 aromatic rings. The number of anilines is 1. The quantitative estimate of drug-likeness (QED) is 0.260. The molecule has 42 heavy (non-hydrogen) atoms. The number of nitrogens with zero attached hydrogens (tertiary/aromatic N) is 2. The van der Waals surface area contributed by atoms with Crippen LogP contribution >= 0.6 is 11.6 Å². The van der Waals surface area contributed by atoms with Crippen molar-refractivity contribution in [2.45, 2.75) is 71.0 Å². The molecule has 1 N–H and O–H groups in total. The summed E-state index contributed by atoms with van der Waals surface area (Å²) in [5, 5.41) is 3.43. The molecule has 2 amide bonds. The van der Waals surface area contributed by atoms with Crippen molar-refractivity contribution in [1.82, 2.24) is 10.2 Å². The van der Waals surface area contributed by atoms with Gasteiger partial charge in [0.05, 0.1) is 17.7 Å². The highest BCUT2D eigenvalue weighted by Gasteiger charge is 2.34. The van der Waals surface area contributed by atoms with Gasteiger partial charge in [-0.05, 0) is 87.2 Å². The van der Waals surface area contributed by atoms with Crippen LogP contribution in [-0.4, -0.2) is 50.9 Å². The first-order valence-corrected chi connectivity index (χ1v) is 15.8. The Morgan fingerprint density at radius 2 is 1.60 bits per heavy atom. The molecule has 3 aromatic carbocycles. The lowest BCUT2D eigenvalue weighted by atomic mass is 10.1. The molecule has 3 rings (SSSR count). The van der Waals surface area contributed by atoms with E-state index in [0.29, 0.717) is 28.4 Å². The molecule has 0 bridgehead atoms. The molecule has 0 heterocycles. The van der Waals surface area contributed by atoms with Crippen molar-refractivity contribution in [3.63, 3.8) is 0 Å². The van der Waals surface area contributed by atoms with Crippen LogP contribution in [0.4, 0.5) is 5.69 Å². The number of hydrogen-bond donors (Lipinski definition) is 1. The molecule has 0 unspecified atom stereocenters. The van der Waals surface area contributed by atoms with Gasteiger partial charge in [-0.2, -0.15) is 0 Å². The number of methoxy groups -OCH3 is 1. The van der Waals surface area contributed by atoms with E-state index in [0.717, 1.165) is 21.9 Å². The number of hydrogen-bond acceptors (Lipinski definition) is 5. The summed E-state index contributed by atoms with van der Waals surface area (Å²) in [5.74, 6) is -0.141. The summed E-state index contributed by atoms with van der Waals surface area (Å²) < 4.78 is 34.5. The molecule has 0 spiro atoms. The highest BCUT2D eigenvalue weighted by atomic mass is 35.5. The van der Waals surface area contributed by atoms with E-state index in [1.54, 1.807) is 56.5 Å². The molecule has 0 saturated heterocycles. The van der Waals surface area contributed by atoms with E-state index in [2.05, 4.69) is 5.32 Å². The lowest BCUT2D eigenvalue weighted by Gasteiger charge is -2.34. The third-order valence-corrected chi connectivity index (χ3v) is 9.22. The lowest BCUT2D eigenvalue weighted by molar-refractivity contribution is -0.140. The van der Waals surface area contributed by atoms with Crippen LogP contribution in [0.5, 0.6) is 5.75 Å². The van der Waals surface area contributed by atoms with Gasteiger partial charge in [-0.25, -0.2) is 8.42 Å². The predicted octanol–water partition coefficient (Wildman–Crippen LogP) is 5.88. The minimum atomic E-state index is -4.17. The number of carbonyl (C=O) groups excluding carboxylic acids is 2. The summed E-state index contributed by atoms with van der Waals surface area (Å²) >= 11 is 6.19. The van der Waals surface area contributed by atoms with Gasteiger partial charge < -0.3 is 15.0 Å². The van der Waals surface area contributed by atoms with E-state index in [-0.39, 0.29) is 23.4 Å². The van der Waals surface area contributed by atoms with Crippen molar-refractivity contribution in [2.75, 3.05) is 18.0 Å². The standard InChI is InChI=1S/C32H40ClN3O5S/c1-7-24(5)34-32(38)29(8-2)35(20-25-11-14-27(41-6)15-12-25)31(37)21-36(30-18-13-26(33)19-23(30)4)42(39,40)28-16-9-22(3)10-17-28/h9-19,24,29H,7-8,20-21H2,1-6H3,(H,34,38)/t24-,29+/m0/s1. The summed E-state index contributed by atoms with van der Waals surface area (Å²) in [6.07, 6.45) is 1.07. The second-order valence-electron chi connectivity index (χ2n) is 10.4. The second kappa shape index (κ2) is 14.6. The van der Waals surface area contributed by atoms with Crippen molar-refractivity contribution < 1.29 is 22.7 Å². The molecule has 0 aliphatic heterocycles. The molecule has 10 heteroatoms. The van der Waals surface area contributed by atoms with Gasteiger partial charge in [-0.3, -0.25) is 13.9 Å². The molecule has 0 aromatic heterocycles. The first-order chi connectivity index (χ1) is 19.9. The molecule has 0 saturated carbocycles. The molecule has 2 atom stereocenters. The summed E-state index contributed by atoms with van der Waals surface area (Å²) in [4.78, 5) is 29.1. The first-order valence-electron chi connectivity index (χ1n) is 14.0. The van der Waals surface area contributed by atoms with E-state index in [1.165, 1.54) is 17.0 Å². The Morgan fingerprint density at radius 1 is 0.952 bits per heavy atom. The zero-order valence-electron chi connectivity index (χ0n) is 25.1. The van der Waals surface area contributed by atoms with Gasteiger partial charge in [0.2, 0.25) is 11.8 Å². The van der Waals surface area contributed by atoms with Crippen LogP contribution in [0.2, 0.25) is 5.02 Å². The number of benzene rings is 3. The normalized spacial score (nSPS) is 12.7. The van der Waals surface area contributed by atoms with E-state index >= 15 is 0 Å². The molecule has 226 valence electrons. The Balaban J connectivity index is 2.09. The highest BCUT2D eigenvalue weighted by molar-refractivity contribution is 7.92. The van der Waals surface area contributed by atoms with E-state index in [9.17, 15) is 18.0 Å². The van der Waals surface area contributed by atoms with Crippen LogP contribution in [0.25, 0.3) is 0 Å². The maximum atomic E-state index is 14.2. The minimum Gasteiger partial charge on any atom is -0.497 e. The monoisotopic (exact) mass is 613 g/mol. The largest absolute Gasteiger partial charge is 0.497 e. The highest BCUT2D eigenvalue weighted by Crippen LogP contribution is 2.30.